The lowest BCUT2D eigenvalue weighted by molar-refractivity contribution is 0.785. The maximum Gasteiger partial charge on any atom is 0.264 e. The fraction of sp³-hybridized carbons (Fsp3) is 0.0741. The number of rotatable bonds is 3. The fourth-order valence-corrected chi connectivity index (χ4v) is 12.4. The number of hydrogen-bond acceptors (Lipinski definition) is 3. The summed E-state index contributed by atoms with van der Waals surface area (Å²) in [5, 5.41) is 1.32. The first-order valence-corrected chi connectivity index (χ1v) is 21.3. The molecule has 1 aromatic heterocycles. The molecule has 58 heavy (non-hydrogen) atoms. The quantitative estimate of drug-likeness (QED) is 0.166. The van der Waals surface area contributed by atoms with Crippen LogP contribution in [-0.2, 0) is 5.41 Å². The lowest BCUT2D eigenvalue weighted by atomic mass is 9.36. The van der Waals surface area contributed by atoms with E-state index in [1.54, 1.807) is 0 Å². The number of benzene rings is 8. The largest absolute Gasteiger partial charge is 0.311 e. The summed E-state index contributed by atoms with van der Waals surface area (Å²) < 4.78 is 2.74. The zero-order chi connectivity index (χ0) is 38.3. The Labute approximate surface area is 343 Å². The number of para-hydroxylation sites is 3. The molecule has 0 radical (unpaired) electrons. The van der Waals surface area contributed by atoms with E-state index in [1.165, 1.54) is 110 Å². The van der Waals surface area contributed by atoms with Crippen LogP contribution in [0.1, 0.15) is 47.6 Å². The van der Waals surface area contributed by atoms with Gasteiger partial charge in [0.05, 0.1) is 11.1 Å². The van der Waals surface area contributed by atoms with Gasteiger partial charge in [0.1, 0.15) is 0 Å². The van der Waals surface area contributed by atoms with E-state index in [-0.39, 0.29) is 6.71 Å². The molecule has 0 bridgehead atoms. The SMILES string of the molecule is CC(C)c1ccc2c(c1)C1(c3ccccc3-c3ccccc31)c1cc3sc4c(c3cc1-2)N(c1ccccc1)c1cccc2c1B4c1ccccc1N2c1ccccc1. The highest BCUT2D eigenvalue weighted by Crippen LogP contribution is 2.64. The van der Waals surface area contributed by atoms with E-state index in [0.717, 1.165) is 0 Å². The Morgan fingerprint density at radius 2 is 1.05 bits per heavy atom. The second kappa shape index (κ2) is 11.7. The van der Waals surface area contributed by atoms with Crippen LogP contribution in [0.25, 0.3) is 32.3 Å². The molecule has 0 saturated heterocycles. The monoisotopic (exact) mass is 756 g/mol. The van der Waals surface area contributed by atoms with Gasteiger partial charge in [0.25, 0.3) is 6.71 Å². The lowest BCUT2D eigenvalue weighted by Crippen LogP contribution is -2.60. The standard InChI is InChI=1S/C54H37BN2S/c1-33(2)34-28-29-39-40-31-41-50(32-45(40)54(44(39)30-34)42-22-11-9-20-37(42)38-21-10-12-23-43(38)54)58-53-52(41)57(36-18-7-4-8-19-36)49-27-15-26-48-51(49)55(53)46-24-13-14-25-47(46)56(48)35-16-5-3-6-17-35/h3-33H,1-2H3. The van der Waals surface area contributed by atoms with E-state index in [9.17, 15) is 0 Å². The van der Waals surface area contributed by atoms with Gasteiger partial charge < -0.3 is 9.80 Å². The molecule has 272 valence electrons. The molecule has 13 rings (SSSR count). The van der Waals surface area contributed by atoms with Gasteiger partial charge in [-0.15, -0.1) is 11.3 Å². The van der Waals surface area contributed by atoms with Crippen LogP contribution in [-0.4, -0.2) is 6.71 Å². The first-order chi connectivity index (χ1) is 28.6. The first kappa shape index (κ1) is 32.5. The Morgan fingerprint density at radius 3 is 1.76 bits per heavy atom. The number of hydrogen-bond donors (Lipinski definition) is 0. The second-order valence-electron chi connectivity index (χ2n) is 16.6. The number of thiophene rings is 1. The molecule has 0 amide bonds. The Kier molecular flexibility index (Phi) is 6.56. The summed E-state index contributed by atoms with van der Waals surface area (Å²) in [5.41, 5.74) is 22.1. The molecule has 8 aromatic carbocycles. The molecule has 0 atom stereocenters. The van der Waals surface area contributed by atoms with E-state index in [4.69, 9.17) is 0 Å². The molecule has 2 aliphatic heterocycles. The van der Waals surface area contributed by atoms with Crippen LogP contribution < -0.4 is 25.5 Å². The van der Waals surface area contributed by atoms with E-state index in [1.807, 2.05) is 11.3 Å². The third kappa shape index (κ3) is 4.03. The zero-order valence-corrected chi connectivity index (χ0v) is 33.1. The van der Waals surface area contributed by atoms with Crippen molar-refractivity contribution in [3.63, 3.8) is 0 Å². The van der Waals surface area contributed by atoms with Gasteiger partial charge in [-0.3, -0.25) is 0 Å². The molecule has 0 saturated carbocycles. The van der Waals surface area contributed by atoms with Crippen molar-refractivity contribution in [1.29, 1.82) is 0 Å². The van der Waals surface area contributed by atoms with Gasteiger partial charge in [-0.05, 0) is 122 Å². The van der Waals surface area contributed by atoms with Crippen molar-refractivity contribution < 1.29 is 0 Å². The summed E-state index contributed by atoms with van der Waals surface area (Å²) >= 11 is 1.99. The molecular weight excluding hydrogens is 719 g/mol. The molecule has 0 unspecified atom stereocenters. The van der Waals surface area contributed by atoms with Gasteiger partial charge >= 0.3 is 0 Å². The van der Waals surface area contributed by atoms with Gasteiger partial charge in [-0.2, -0.15) is 0 Å². The van der Waals surface area contributed by atoms with Crippen molar-refractivity contribution in [2.75, 3.05) is 9.80 Å². The van der Waals surface area contributed by atoms with E-state index in [0.29, 0.717) is 5.92 Å². The van der Waals surface area contributed by atoms with Crippen molar-refractivity contribution in [3.05, 3.63) is 210 Å². The topological polar surface area (TPSA) is 6.48 Å². The third-order valence-electron chi connectivity index (χ3n) is 13.4. The van der Waals surface area contributed by atoms with Gasteiger partial charge in [0.2, 0.25) is 0 Å². The Bertz CT molecular complexity index is 3140. The average Bonchev–Trinajstić information content (AvgIpc) is 3.89. The summed E-state index contributed by atoms with van der Waals surface area (Å²) in [4.78, 5) is 5.04. The molecule has 3 heterocycles. The number of anilines is 6. The van der Waals surface area contributed by atoms with Crippen molar-refractivity contribution in [3.8, 4) is 22.3 Å². The molecule has 1 spiro atoms. The predicted octanol–water partition coefficient (Wildman–Crippen LogP) is 12.5. The van der Waals surface area contributed by atoms with Gasteiger partial charge in [-0.1, -0.05) is 141 Å². The summed E-state index contributed by atoms with van der Waals surface area (Å²) in [6.07, 6.45) is 0. The lowest BCUT2D eigenvalue weighted by Gasteiger charge is -2.43. The Balaban J connectivity index is 1.14. The van der Waals surface area contributed by atoms with Crippen LogP contribution in [0.4, 0.5) is 34.1 Å². The van der Waals surface area contributed by atoms with Gasteiger partial charge in [0, 0.05) is 43.3 Å². The molecule has 0 N–H and O–H groups in total. The van der Waals surface area contributed by atoms with Crippen LogP contribution in [0.15, 0.2) is 182 Å². The predicted molar refractivity (Wildman–Crippen MR) is 246 cm³/mol. The van der Waals surface area contributed by atoms with Crippen LogP contribution in [0.3, 0.4) is 0 Å². The number of nitrogens with zero attached hydrogens (tertiary/aromatic N) is 2. The Morgan fingerprint density at radius 1 is 0.483 bits per heavy atom. The molecule has 2 aliphatic carbocycles. The highest BCUT2D eigenvalue weighted by Gasteiger charge is 2.53. The third-order valence-corrected chi connectivity index (χ3v) is 14.6. The van der Waals surface area contributed by atoms with Crippen molar-refractivity contribution in [2.45, 2.75) is 25.2 Å². The molecule has 0 fully saturated rings. The maximum absolute atomic E-state index is 2.60. The van der Waals surface area contributed by atoms with Crippen LogP contribution in [0.2, 0.25) is 0 Å². The van der Waals surface area contributed by atoms with E-state index >= 15 is 0 Å². The Hall–Kier alpha value is -6.62. The maximum atomic E-state index is 2.60. The summed E-state index contributed by atoms with van der Waals surface area (Å²) in [7, 11) is 0. The van der Waals surface area contributed by atoms with Gasteiger partial charge in [0.15, 0.2) is 0 Å². The van der Waals surface area contributed by atoms with Crippen LogP contribution in [0, 0.1) is 0 Å². The fourth-order valence-electron chi connectivity index (χ4n) is 11.1. The molecule has 2 nitrogen and oxygen atoms in total. The van der Waals surface area contributed by atoms with Crippen molar-refractivity contribution in [2.24, 2.45) is 0 Å². The smallest absolute Gasteiger partial charge is 0.264 e. The highest BCUT2D eigenvalue weighted by atomic mass is 32.1. The average molecular weight is 757 g/mol. The minimum atomic E-state index is -0.398. The molecule has 4 aliphatic rings. The first-order valence-electron chi connectivity index (χ1n) is 20.5. The van der Waals surface area contributed by atoms with E-state index in [2.05, 4.69) is 206 Å². The summed E-state index contributed by atoms with van der Waals surface area (Å²) in [6, 6.07) is 68.8. The normalized spacial score (nSPS) is 14.6. The molecule has 9 aromatic rings. The van der Waals surface area contributed by atoms with Crippen molar-refractivity contribution >= 4 is 78.0 Å². The summed E-state index contributed by atoms with van der Waals surface area (Å²) in [6.45, 7) is 4.73. The van der Waals surface area contributed by atoms with Crippen molar-refractivity contribution in [1.82, 2.24) is 0 Å². The van der Waals surface area contributed by atoms with Gasteiger partial charge in [-0.25, -0.2) is 0 Å². The zero-order valence-electron chi connectivity index (χ0n) is 32.3. The number of fused-ring (bicyclic) bond motifs is 16. The van der Waals surface area contributed by atoms with Crippen LogP contribution in [0.5, 0.6) is 0 Å². The minimum Gasteiger partial charge on any atom is -0.311 e. The van der Waals surface area contributed by atoms with Crippen LogP contribution >= 0.6 is 11.3 Å². The minimum absolute atomic E-state index is 0.0901. The molecular formula is C54H37BN2S. The van der Waals surface area contributed by atoms with E-state index < -0.39 is 5.41 Å². The summed E-state index contributed by atoms with van der Waals surface area (Å²) in [5.74, 6) is 0.425. The second-order valence-corrected chi connectivity index (χ2v) is 17.6. The molecule has 4 heteroatoms. The highest BCUT2D eigenvalue weighted by molar-refractivity contribution is 7.33.